The van der Waals surface area contributed by atoms with Crippen LogP contribution in [0.15, 0.2) is 24.3 Å². The van der Waals surface area contributed by atoms with E-state index in [-0.39, 0.29) is 5.91 Å². The molecule has 0 aliphatic heterocycles. The highest BCUT2D eigenvalue weighted by atomic mass is 16.5. The van der Waals surface area contributed by atoms with Gasteiger partial charge in [-0.15, -0.1) is 0 Å². The molecular formula is C18H27NO3. The molecule has 0 unspecified atom stereocenters. The van der Waals surface area contributed by atoms with Crippen molar-refractivity contribution in [2.75, 3.05) is 20.2 Å². The van der Waals surface area contributed by atoms with Crippen LogP contribution in [-0.4, -0.2) is 41.7 Å². The molecule has 122 valence electrons. The van der Waals surface area contributed by atoms with Crippen molar-refractivity contribution in [1.82, 2.24) is 4.90 Å². The summed E-state index contributed by atoms with van der Waals surface area (Å²) in [5, 5.41) is 10.6. The molecule has 0 bridgehead atoms. The van der Waals surface area contributed by atoms with E-state index >= 15 is 0 Å². The van der Waals surface area contributed by atoms with Gasteiger partial charge in [0.05, 0.1) is 5.60 Å². The molecule has 0 atom stereocenters. The van der Waals surface area contributed by atoms with E-state index in [1.165, 1.54) is 0 Å². The monoisotopic (exact) mass is 305 g/mol. The summed E-state index contributed by atoms with van der Waals surface area (Å²) >= 11 is 0. The van der Waals surface area contributed by atoms with Crippen molar-refractivity contribution in [2.45, 2.75) is 45.1 Å². The minimum absolute atomic E-state index is 0.0156. The highest BCUT2D eigenvalue weighted by Gasteiger charge is 2.32. The van der Waals surface area contributed by atoms with Crippen LogP contribution >= 0.6 is 0 Å². The lowest BCUT2D eigenvalue weighted by atomic mass is 9.80. The molecule has 0 aromatic heterocycles. The minimum Gasteiger partial charge on any atom is -0.491 e. The predicted octanol–water partition coefficient (Wildman–Crippen LogP) is 3.10. The first kappa shape index (κ1) is 16.8. The van der Waals surface area contributed by atoms with Gasteiger partial charge in [-0.1, -0.05) is 13.0 Å². The minimum atomic E-state index is -0.729. The van der Waals surface area contributed by atoms with E-state index in [0.717, 1.165) is 25.7 Å². The van der Waals surface area contributed by atoms with Gasteiger partial charge in [0.2, 0.25) is 0 Å². The van der Waals surface area contributed by atoms with E-state index in [0.29, 0.717) is 30.4 Å². The summed E-state index contributed by atoms with van der Waals surface area (Å²) in [5.74, 6) is 1.31. The van der Waals surface area contributed by atoms with Crippen LogP contribution in [0.1, 0.15) is 49.9 Å². The molecule has 0 saturated heterocycles. The molecule has 0 heterocycles. The van der Waals surface area contributed by atoms with Crippen molar-refractivity contribution >= 4 is 5.91 Å². The molecule has 0 radical (unpaired) electrons. The van der Waals surface area contributed by atoms with Crippen molar-refractivity contribution in [1.29, 1.82) is 0 Å². The van der Waals surface area contributed by atoms with Crippen LogP contribution in [0.4, 0.5) is 0 Å². The van der Waals surface area contributed by atoms with Crippen molar-refractivity contribution < 1.29 is 14.6 Å². The van der Waals surface area contributed by atoms with Crippen LogP contribution in [0, 0.1) is 5.92 Å². The second-order valence-corrected chi connectivity index (χ2v) is 6.54. The normalized spacial score (nSPS) is 24.8. The number of benzene rings is 1. The molecule has 1 amide bonds. The third-order valence-electron chi connectivity index (χ3n) is 4.61. The Morgan fingerprint density at radius 1 is 1.41 bits per heavy atom. The van der Waals surface area contributed by atoms with Crippen LogP contribution in [0.3, 0.4) is 0 Å². The molecule has 1 aliphatic rings. The molecule has 4 nitrogen and oxygen atoms in total. The zero-order valence-electron chi connectivity index (χ0n) is 13.8. The maximum atomic E-state index is 12.2. The van der Waals surface area contributed by atoms with Gasteiger partial charge in [-0.05, 0) is 56.7 Å². The van der Waals surface area contributed by atoms with E-state index in [2.05, 4.69) is 6.92 Å². The fourth-order valence-corrected chi connectivity index (χ4v) is 2.74. The number of hydrogen-bond donors (Lipinski definition) is 1. The Bertz CT molecular complexity index is 507. The smallest absolute Gasteiger partial charge is 0.253 e. The number of rotatable bonds is 5. The van der Waals surface area contributed by atoms with Gasteiger partial charge < -0.3 is 14.7 Å². The maximum absolute atomic E-state index is 12.2. The SMILES string of the molecule is CCN(C)C(=O)c1cccc(OCC2(O)CCC(C)CC2)c1. The molecule has 2 rings (SSSR count). The third-order valence-corrected chi connectivity index (χ3v) is 4.61. The Morgan fingerprint density at radius 3 is 2.73 bits per heavy atom. The molecule has 0 spiro atoms. The van der Waals surface area contributed by atoms with Crippen LogP contribution in [0.25, 0.3) is 0 Å². The number of nitrogens with zero attached hydrogens (tertiary/aromatic N) is 1. The number of carbonyl (C=O) groups excluding carboxylic acids is 1. The zero-order valence-corrected chi connectivity index (χ0v) is 13.8. The summed E-state index contributed by atoms with van der Waals surface area (Å²) in [6, 6.07) is 7.19. The molecule has 1 fully saturated rings. The number of amides is 1. The van der Waals surface area contributed by atoms with Crippen LogP contribution in [-0.2, 0) is 0 Å². The molecule has 22 heavy (non-hydrogen) atoms. The molecule has 1 aromatic rings. The van der Waals surface area contributed by atoms with Crippen molar-refractivity contribution in [2.24, 2.45) is 5.92 Å². The van der Waals surface area contributed by atoms with Crippen molar-refractivity contribution in [3.63, 3.8) is 0 Å². The maximum Gasteiger partial charge on any atom is 0.253 e. The van der Waals surface area contributed by atoms with E-state index in [1.807, 2.05) is 19.1 Å². The van der Waals surface area contributed by atoms with Crippen LogP contribution in [0.2, 0.25) is 0 Å². The lowest BCUT2D eigenvalue weighted by molar-refractivity contribution is -0.0424. The lowest BCUT2D eigenvalue weighted by Gasteiger charge is -2.34. The second-order valence-electron chi connectivity index (χ2n) is 6.54. The highest BCUT2D eigenvalue weighted by Crippen LogP contribution is 2.32. The van der Waals surface area contributed by atoms with Gasteiger partial charge in [-0.25, -0.2) is 0 Å². The van der Waals surface area contributed by atoms with Crippen molar-refractivity contribution in [3.8, 4) is 5.75 Å². The number of aliphatic hydroxyl groups is 1. The Labute approximate surface area is 133 Å². The predicted molar refractivity (Wildman–Crippen MR) is 87.2 cm³/mol. The summed E-state index contributed by atoms with van der Waals surface area (Å²) in [5.41, 5.74) is -0.113. The molecule has 1 aliphatic carbocycles. The quantitative estimate of drug-likeness (QED) is 0.909. The fraction of sp³-hybridized carbons (Fsp3) is 0.611. The molecule has 1 aromatic carbocycles. The Hall–Kier alpha value is -1.55. The summed E-state index contributed by atoms with van der Waals surface area (Å²) < 4.78 is 5.77. The number of hydrogen-bond acceptors (Lipinski definition) is 3. The van der Waals surface area contributed by atoms with Crippen LogP contribution in [0.5, 0.6) is 5.75 Å². The Kier molecular flexibility index (Phi) is 5.46. The summed E-state index contributed by atoms with van der Waals surface area (Å²) in [6.45, 7) is 5.13. The fourth-order valence-electron chi connectivity index (χ4n) is 2.74. The molecule has 4 heteroatoms. The Morgan fingerprint density at radius 2 is 2.09 bits per heavy atom. The van der Waals surface area contributed by atoms with E-state index < -0.39 is 5.60 Å². The number of ether oxygens (including phenoxy) is 1. The summed E-state index contributed by atoms with van der Waals surface area (Å²) in [6.07, 6.45) is 3.65. The topological polar surface area (TPSA) is 49.8 Å². The van der Waals surface area contributed by atoms with Crippen LogP contribution < -0.4 is 4.74 Å². The van der Waals surface area contributed by atoms with E-state index in [9.17, 15) is 9.90 Å². The summed E-state index contributed by atoms with van der Waals surface area (Å²) in [4.78, 5) is 13.8. The van der Waals surface area contributed by atoms with Gasteiger partial charge in [0.25, 0.3) is 5.91 Å². The van der Waals surface area contributed by atoms with Gasteiger partial charge in [0.1, 0.15) is 12.4 Å². The third kappa shape index (κ3) is 4.23. The molecular weight excluding hydrogens is 278 g/mol. The largest absolute Gasteiger partial charge is 0.491 e. The standard InChI is InChI=1S/C18H27NO3/c1-4-19(3)17(20)15-6-5-7-16(12-15)22-13-18(21)10-8-14(2)9-11-18/h5-7,12,14,21H,4,8-11,13H2,1-3H3. The van der Waals surface area contributed by atoms with Gasteiger partial charge in [-0.2, -0.15) is 0 Å². The lowest BCUT2D eigenvalue weighted by Crippen LogP contribution is -2.39. The molecule has 1 N–H and O–H groups in total. The average molecular weight is 305 g/mol. The molecule has 1 saturated carbocycles. The first-order valence-electron chi connectivity index (χ1n) is 8.14. The first-order chi connectivity index (χ1) is 10.4. The van der Waals surface area contributed by atoms with E-state index in [1.54, 1.807) is 24.1 Å². The van der Waals surface area contributed by atoms with E-state index in [4.69, 9.17) is 4.74 Å². The average Bonchev–Trinajstić information content (AvgIpc) is 2.55. The zero-order chi connectivity index (χ0) is 16.2. The highest BCUT2D eigenvalue weighted by molar-refractivity contribution is 5.94. The second kappa shape index (κ2) is 7.14. The summed E-state index contributed by atoms with van der Waals surface area (Å²) in [7, 11) is 1.78. The van der Waals surface area contributed by atoms with Gasteiger partial charge in [0, 0.05) is 19.2 Å². The Balaban J connectivity index is 1.97. The van der Waals surface area contributed by atoms with Crippen molar-refractivity contribution in [3.05, 3.63) is 29.8 Å². The van der Waals surface area contributed by atoms with Gasteiger partial charge in [0.15, 0.2) is 0 Å². The first-order valence-corrected chi connectivity index (χ1v) is 8.14. The number of carbonyl (C=O) groups is 1. The van der Waals surface area contributed by atoms with Gasteiger partial charge in [-0.3, -0.25) is 4.79 Å². The van der Waals surface area contributed by atoms with Gasteiger partial charge >= 0.3 is 0 Å².